The zero-order valence-corrected chi connectivity index (χ0v) is 15.7. The normalized spacial score (nSPS) is 17.3. The number of aryl methyl sites for hydroxylation is 1. The lowest BCUT2D eigenvalue weighted by Gasteiger charge is -2.30. The van der Waals surface area contributed by atoms with Crippen molar-refractivity contribution in [3.8, 4) is 0 Å². The lowest BCUT2D eigenvalue weighted by atomic mass is 10.00. The predicted molar refractivity (Wildman–Crippen MR) is 101 cm³/mol. The van der Waals surface area contributed by atoms with Crippen molar-refractivity contribution in [1.29, 1.82) is 0 Å². The fourth-order valence-corrected chi connectivity index (χ4v) is 3.67. The number of piperidine rings is 1. The highest BCUT2D eigenvalue weighted by molar-refractivity contribution is 6.05. The Hall–Kier alpha value is -2.43. The maximum Gasteiger partial charge on any atom is 0.339 e. The molecule has 2 aromatic rings. The Kier molecular flexibility index (Phi) is 5.55. The number of esters is 1. The molecule has 5 heteroatoms. The molecule has 1 saturated heterocycles. The van der Waals surface area contributed by atoms with Gasteiger partial charge in [0.05, 0.1) is 11.1 Å². The molecule has 2 heterocycles. The van der Waals surface area contributed by atoms with Gasteiger partial charge in [-0.05, 0) is 43.7 Å². The van der Waals surface area contributed by atoms with E-state index in [1.807, 2.05) is 38.1 Å². The molecule has 1 aromatic carbocycles. The molecule has 3 rings (SSSR count). The first-order chi connectivity index (χ1) is 12.5. The van der Waals surface area contributed by atoms with E-state index in [2.05, 4.69) is 11.9 Å². The van der Waals surface area contributed by atoms with Crippen LogP contribution in [0.4, 0.5) is 0 Å². The average Bonchev–Trinajstić information content (AvgIpc) is 2.65. The van der Waals surface area contributed by atoms with Crippen molar-refractivity contribution in [3.63, 3.8) is 0 Å². The van der Waals surface area contributed by atoms with E-state index in [1.165, 1.54) is 0 Å². The van der Waals surface area contributed by atoms with Crippen LogP contribution in [-0.4, -0.2) is 41.5 Å². The number of benzene rings is 1. The van der Waals surface area contributed by atoms with Gasteiger partial charge in [0.25, 0.3) is 5.91 Å². The third-order valence-corrected chi connectivity index (χ3v) is 5.11. The molecule has 0 aliphatic carbocycles. The van der Waals surface area contributed by atoms with Crippen LogP contribution < -0.4 is 0 Å². The number of hydrogen-bond donors (Lipinski definition) is 0. The second kappa shape index (κ2) is 7.85. The van der Waals surface area contributed by atoms with E-state index in [0.717, 1.165) is 54.5 Å². The Balaban J connectivity index is 1.79. The van der Waals surface area contributed by atoms with Crippen molar-refractivity contribution in [2.24, 2.45) is 5.92 Å². The first-order valence-electron chi connectivity index (χ1n) is 9.34. The Morgan fingerprint density at radius 1 is 1.31 bits per heavy atom. The minimum Gasteiger partial charge on any atom is -0.452 e. The summed E-state index contributed by atoms with van der Waals surface area (Å²) in [6.45, 7) is 7.34. The summed E-state index contributed by atoms with van der Waals surface area (Å²) in [6, 6.07) is 7.55. The number of carbonyl (C=O) groups is 2. The molecule has 0 radical (unpaired) electrons. The van der Waals surface area contributed by atoms with Gasteiger partial charge in [-0.2, -0.15) is 0 Å². The molecule has 0 spiro atoms. The molecule has 26 heavy (non-hydrogen) atoms. The first kappa shape index (κ1) is 18.4. The SMILES string of the molecule is CCc1nc2ccccc2c(C(=O)OCC(=O)N2CCCC(C)C2)c1C. The summed E-state index contributed by atoms with van der Waals surface area (Å²) in [4.78, 5) is 31.6. The van der Waals surface area contributed by atoms with Crippen molar-refractivity contribution in [1.82, 2.24) is 9.88 Å². The lowest BCUT2D eigenvalue weighted by molar-refractivity contribution is -0.136. The van der Waals surface area contributed by atoms with E-state index in [-0.39, 0.29) is 12.5 Å². The topological polar surface area (TPSA) is 59.5 Å². The highest BCUT2D eigenvalue weighted by Gasteiger charge is 2.23. The summed E-state index contributed by atoms with van der Waals surface area (Å²) in [7, 11) is 0. The molecule has 0 N–H and O–H groups in total. The number of aromatic nitrogens is 1. The minimum atomic E-state index is -0.450. The van der Waals surface area contributed by atoms with Gasteiger partial charge in [0.2, 0.25) is 0 Å². The van der Waals surface area contributed by atoms with Gasteiger partial charge < -0.3 is 9.64 Å². The van der Waals surface area contributed by atoms with Crippen LogP contribution in [0.25, 0.3) is 10.9 Å². The molecule has 1 aliphatic rings. The summed E-state index contributed by atoms with van der Waals surface area (Å²) in [5, 5.41) is 0.770. The van der Waals surface area contributed by atoms with Crippen molar-refractivity contribution >= 4 is 22.8 Å². The van der Waals surface area contributed by atoms with E-state index in [9.17, 15) is 9.59 Å². The Bertz CT molecular complexity index is 831. The molecule has 0 saturated carbocycles. The van der Waals surface area contributed by atoms with Gasteiger partial charge in [-0.25, -0.2) is 4.79 Å². The van der Waals surface area contributed by atoms with Crippen molar-refractivity contribution < 1.29 is 14.3 Å². The number of carbonyl (C=O) groups excluding carboxylic acids is 2. The van der Waals surface area contributed by atoms with E-state index < -0.39 is 5.97 Å². The van der Waals surface area contributed by atoms with E-state index in [0.29, 0.717) is 11.5 Å². The summed E-state index contributed by atoms with van der Waals surface area (Å²) >= 11 is 0. The fraction of sp³-hybridized carbons (Fsp3) is 0.476. The van der Waals surface area contributed by atoms with E-state index in [4.69, 9.17) is 4.74 Å². The van der Waals surface area contributed by atoms with Gasteiger partial charge in [0, 0.05) is 24.2 Å². The van der Waals surface area contributed by atoms with Gasteiger partial charge in [-0.3, -0.25) is 9.78 Å². The summed E-state index contributed by atoms with van der Waals surface area (Å²) in [6.07, 6.45) is 2.89. The zero-order valence-electron chi connectivity index (χ0n) is 15.7. The smallest absolute Gasteiger partial charge is 0.339 e. The summed E-state index contributed by atoms with van der Waals surface area (Å²) < 4.78 is 5.41. The number of ether oxygens (including phenoxy) is 1. The molecule has 1 atom stereocenters. The Labute approximate surface area is 154 Å². The number of para-hydroxylation sites is 1. The second-order valence-corrected chi connectivity index (χ2v) is 7.09. The predicted octanol–water partition coefficient (Wildman–Crippen LogP) is 3.52. The molecule has 138 valence electrons. The van der Waals surface area contributed by atoms with Gasteiger partial charge in [0.15, 0.2) is 6.61 Å². The van der Waals surface area contributed by atoms with Gasteiger partial charge >= 0.3 is 5.97 Å². The number of likely N-dealkylation sites (tertiary alicyclic amines) is 1. The molecule has 1 fully saturated rings. The van der Waals surface area contributed by atoms with Crippen LogP contribution in [0.5, 0.6) is 0 Å². The summed E-state index contributed by atoms with van der Waals surface area (Å²) in [5.74, 6) is -0.0623. The van der Waals surface area contributed by atoms with Gasteiger partial charge in [-0.1, -0.05) is 32.0 Å². The van der Waals surface area contributed by atoms with Crippen LogP contribution in [0.1, 0.15) is 48.3 Å². The monoisotopic (exact) mass is 354 g/mol. The molecule has 1 unspecified atom stereocenters. The maximum absolute atomic E-state index is 12.8. The number of rotatable bonds is 4. The molecule has 1 aromatic heterocycles. The van der Waals surface area contributed by atoms with Gasteiger partial charge in [-0.15, -0.1) is 0 Å². The second-order valence-electron chi connectivity index (χ2n) is 7.09. The summed E-state index contributed by atoms with van der Waals surface area (Å²) in [5.41, 5.74) is 3.01. The van der Waals surface area contributed by atoms with Crippen LogP contribution in [0, 0.1) is 12.8 Å². The quantitative estimate of drug-likeness (QED) is 0.788. The van der Waals surface area contributed by atoms with Crippen LogP contribution in [0.15, 0.2) is 24.3 Å². The van der Waals surface area contributed by atoms with Crippen LogP contribution >= 0.6 is 0 Å². The fourth-order valence-electron chi connectivity index (χ4n) is 3.67. The van der Waals surface area contributed by atoms with E-state index >= 15 is 0 Å². The van der Waals surface area contributed by atoms with Crippen LogP contribution in [-0.2, 0) is 16.0 Å². The molecule has 5 nitrogen and oxygen atoms in total. The highest BCUT2D eigenvalue weighted by Crippen LogP contribution is 2.24. The molecular weight excluding hydrogens is 328 g/mol. The zero-order chi connectivity index (χ0) is 18.7. The third kappa shape index (κ3) is 3.71. The molecule has 1 aliphatic heterocycles. The van der Waals surface area contributed by atoms with Crippen LogP contribution in [0.3, 0.4) is 0 Å². The number of nitrogens with zero attached hydrogens (tertiary/aromatic N) is 2. The molecule has 0 bridgehead atoms. The third-order valence-electron chi connectivity index (χ3n) is 5.11. The lowest BCUT2D eigenvalue weighted by Crippen LogP contribution is -2.41. The average molecular weight is 354 g/mol. The number of hydrogen-bond acceptors (Lipinski definition) is 4. The van der Waals surface area contributed by atoms with Crippen LogP contribution in [0.2, 0.25) is 0 Å². The molecule has 1 amide bonds. The van der Waals surface area contributed by atoms with E-state index in [1.54, 1.807) is 4.90 Å². The van der Waals surface area contributed by atoms with Crippen molar-refractivity contribution in [2.75, 3.05) is 19.7 Å². The van der Waals surface area contributed by atoms with Gasteiger partial charge in [0.1, 0.15) is 0 Å². The standard InChI is InChI=1S/C21H26N2O3/c1-4-17-15(3)20(16-9-5-6-10-18(16)22-17)21(25)26-13-19(24)23-11-7-8-14(2)12-23/h5-6,9-10,14H,4,7-8,11-13H2,1-3H3. The molecular formula is C21H26N2O3. The largest absolute Gasteiger partial charge is 0.452 e. The number of fused-ring (bicyclic) bond motifs is 1. The number of amides is 1. The van der Waals surface area contributed by atoms with Crippen molar-refractivity contribution in [3.05, 3.63) is 41.1 Å². The maximum atomic E-state index is 12.8. The number of pyridine rings is 1. The Morgan fingerprint density at radius 3 is 2.81 bits per heavy atom. The Morgan fingerprint density at radius 2 is 2.08 bits per heavy atom. The minimum absolute atomic E-state index is 0.114. The van der Waals surface area contributed by atoms with Crippen molar-refractivity contribution in [2.45, 2.75) is 40.0 Å². The highest BCUT2D eigenvalue weighted by atomic mass is 16.5. The first-order valence-corrected chi connectivity index (χ1v) is 9.34.